The highest BCUT2D eigenvalue weighted by atomic mass is 32.1. The van der Waals surface area contributed by atoms with Crippen LogP contribution in [0.2, 0.25) is 0 Å². The second-order valence-electron chi connectivity index (χ2n) is 8.58. The summed E-state index contributed by atoms with van der Waals surface area (Å²) < 4.78 is 16.2. The van der Waals surface area contributed by atoms with E-state index in [-0.39, 0.29) is 18.3 Å². The number of amides is 1. The number of aryl methyl sites for hydroxylation is 2. The molecule has 1 aromatic heterocycles. The maximum absolute atomic E-state index is 12.7. The third-order valence-electron chi connectivity index (χ3n) is 4.63. The zero-order valence-corrected chi connectivity index (χ0v) is 21.2. The maximum Gasteiger partial charge on any atom is 0.308 e. The minimum Gasteiger partial charge on any atom is -0.460 e. The van der Waals surface area contributed by atoms with Crippen LogP contribution in [0.1, 0.15) is 53.7 Å². The lowest BCUT2D eigenvalue weighted by atomic mass is 10.1. The van der Waals surface area contributed by atoms with Crippen LogP contribution in [0.3, 0.4) is 0 Å². The van der Waals surface area contributed by atoms with E-state index in [0.717, 1.165) is 21.8 Å². The minimum absolute atomic E-state index is 0.176. The van der Waals surface area contributed by atoms with E-state index in [9.17, 15) is 9.59 Å². The number of nitrogens with one attached hydrogen (secondary N) is 2. The number of nitrogens with zero attached hydrogens (tertiary/aromatic N) is 1. The van der Waals surface area contributed by atoms with Gasteiger partial charge in [0, 0.05) is 22.7 Å². The number of hydrogen-bond donors (Lipinski definition) is 2. The molecule has 0 unspecified atom stereocenters. The Kier molecular flexibility index (Phi) is 10.3. The fraction of sp³-hybridized carbons (Fsp3) is 0.542. The lowest BCUT2D eigenvalue weighted by Crippen LogP contribution is -2.24. The molecule has 2 N–H and O–H groups in total. The van der Waals surface area contributed by atoms with Crippen molar-refractivity contribution in [1.82, 2.24) is 4.98 Å². The van der Waals surface area contributed by atoms with Gasteiger partial charge in [0.25, 0.3) is 5.91 Å². The number of hydrogen-bond acceptors (Lipinski definition) is 8. The smallest absolute Gasteiger partial charge is 0.308 e. The van der Waals surface area contributed by atoms with Crippen LogP contribution in [-0.2, 0) is 19.0 Å². The van der Waals surface area contributed by atoms with Crippen LogP contribution in [0.5, 0.6) is 0 Å². The van der Waals surface area contributed by atoms with Crippen LogP contribution < -0.4 is 10.6 Å². The number of benzene rings is 1. The molecule has 9 heteroatoms. The molecule has 0 aliphatic carbocycles. The molecule has 0 atom stereocenters. The molecule has 1 heterocycles. The van der Waals surface area contributed by atoms with Gasteiger partial charge in [0.15, 0.2) is 5.13 Å². The number of carbonyl (C=O) groups is 2. The van der Waals surface area contributed by atoms with E-state index in [1.165, 1.54) is 11.3 Å². The van der Waals surface area contributed by atoms with Gasteiger partial charge in [-0.2, -0.15) is 0 Å². The number of aromatic nitrogens is 1. The highest BCUT2D eigenvalue weighted by Gasteiger charge is 2.16. The van der Waals surface area contributed by atoms with Crippen molar-refractivity contribution >= 4 is 34.0 Å². The Balaban J connectivity index is 1.66. The molecule has 182 valence electrons. The van der Waals surface area contributed by atoms with Gasteiger partial charge in [-0.3, -0.25) is 14.9 Å². The molecule has 0 saturated heterocycles. The van der Waals surface area contributed by atoms with Crippen molar-refractivity contribution in [2.24, 2.45) is 0 Å². The first-order valence-corrected chi connectivity index (χ1v) is 11.8. The Morgan fingerprint density at radius 2 is 1.73 bits per heavy atom. The summed E-state index contributed by atoms with van der Waals surface area (Å²) in [6.07, 6.45) is 0.226. The van der Waals surface area contributed by atoms with E-state index in [1.807, 2.05) is 53.7 Å². The summed E-state index contributed by atoms with van der Waals surface area (Å²) in [7, 11) is 0. The summed E-state index contributed by atoms with van der Waals surface area (Å²) in [4.78, 5) is 29.7. The predicted octanol–water partition coefficient (Wildman–Crippen LogP) is 4.50. The molecule has 8 nitrogen and oxygen atoms in total. The molecular weight excluding hydrogens is 442 g/mol. The van der Waals surface area contributed by atoms with Crippen LogP contribution in [0.25, 0.3) is 0 Å². The topological polar surface area (TPSA) is 98.8 Å². The molecule has 2 aromatic rings. The largest absolute Gasteiger partial charge is 0.460 e. The summed E-state index contributed by atoms with van der Waals surface area (Å²) in [5, 5.41) is 6.79. The van der Waals surface area contributed by atoms with Crippen LogP contribution in [0.4, 0.5) is 10.8 Å². The fourth-order valence-electron chi connectivity index (χ4n) is 2.89. The summed E-state index contributed by atoms with van der Waals surface area (Å²) in [5.41, 5.74) is 2.80. The molecule has 0 aliphatic rings. The van der Waals surface area contributed by atoms with E-state index >= 15 is 0 Å². The highest BCUT2D eigenvalue weighted by molar-refractivity contribution is 7.15. The van der Waals surface area contributed by atoms with Crippen molar-refractivity contribution in [3.05, 3.63) is 39.9 Å². The Hall–Kier alpha value is -2.49. The van der Waals surface area contributed by atoms with Gasteiger partial charge < -0.3 is 19.5 Å². The van der Waals surface area contributed by atoms with E-state index < -0.39 is 5.60 Å². The maximum atomic E-state index is 12.7. The Morgan fingerprint density at radius 3 is 2.36 bits per heavy atom. The molecule has 1 aromatic carbocycles. The molecular formula is C24H35N3O5S. The standard InChI is InChI=1S/C24H35N3O5S/c1-16-19(22(29)27-23-26-17(2)18(3)33-23)8-7-9-20(16)25-11-13-31-15-14-30-12-10-21(28)32-24(4,5)6/h7-9,25H,10-15H2,1-6H3,(H,26,27,29). The van der Waals surface area contributed by atoms with Crippen LogP contribution in [0, 0.1) is 20.8 Å². The lowest BCUT2D eigenvalue weighted by Gasteiger charge is -2.19. The van der Waals surface area contributed by atoms with Crippen molar-refractivity contribution in [3.63, 3.8) is 0 Å². The number of anilines is 2. The van der Waals surface area contributed by atoms with Gasteiger partial charge in [-0.15, -0.1) is 11.3 Å². The normalized spacial score (nSPS) is 11.3. The first kappa shape index (κ1) is 26.8. The van der Waals surface area contributed by atoms with Crippen molar-refractivity contribution in [1.29, 1.82) is 0 Å². The summed E-state index contributed by atoms with van der Waals surface area (Å²) in [6, 6.07) is 5.58. The molecule has 0 bridgehead atoms. The van der Waals surface area contributed by atoms with Crippen LogP contribution in [-0.4, -0.2) is 55.4 Å². The SMILES string of the molecule is Cc1nc(NC(=O)c2cccc(NCCOCCOCCC(=O)OC(C)(C)C)c2C)sc1C. The number of ether oxygens (including phenoxy) is 3. The molecule has 1 amide bonds. The molecule has 0 fully saturated rings. The lowest BCUT2D eigenvalue weighted by molar-refractivity contribution is -0.156. The van der Waals surface area contributed by atoms with Crippen LogP contribution >= 0.6 is 11.3 Å². The van der Waals surface area contributed by atoms with E-state index in [2.05, 4.69) is 15.6 Å². The molecule has 0 spiro atoms. The number of rotatable bonds is 12. The highest BCUT2D eigenvalue weighted by Crippen LogP contribution is 2.24. The Bertz CT molecular complexity index is 917. The van der Waals surface area contributed by atoms with Gasteiger partial charge in [0.2, 0.25) is 0 Å². The average molecular weight is 478 g/mol. The van der Waals surface area contributed by atoms with E-state index in [0.29, 0.717) is 43.7 Å². The third kappa shape index (κ3) is 9.49. The van der Waals surface area contributed by atoms with Gasteiger partial charge in [0.05, 0.1) is 38.5 Å². The summed E-state index contributed by atoms with van der Waals surface area (Å²) >= 11 is 1.47. The third-order valence-corrected chi connectivity index (χ3v) is 5.62. The van der Waals surface area contributed by atoms with Crippen molar-refractivity contribution in [3.8, 4) is 0 Å². The molecule has 0 radical (unpaired) electrons. The molecule has 33 heavy (non-hydrogen) atoms. The fourth-order valence-corrected chi connectivity index (χ4v) is 3.70. The van der Waals surface area contributed by atoms with Gasteiger partial charge in [0.1, 0.15) is 5.60 Å². The van der Waals surface area contributed by atoms with Gasteiger partial charge >= 0.3 is 5.97 Å². The molecule has 2 rings (SSSR count). The van der Waals surface area contributed by atoms with Gasteiger partial charge in [-0.25, -0.2) is 4.98 Å². The Labute approximate surface area is 200 Å². The second-order valence-corrected chi connectivity index (χ2v) is 9.78. The zero-order valence-electron chi connectivity index (χ0n) is 20.4. The first-order valence-electron chi connectivity index (χ1n) is 11.0. The van der Waals surface area contributed by atoms with E-state index in [4.69, 9.17) is 14.2 Å². The van der Waals surface area contributed by atoms with E-state index in [1.54, 1.807) is 6.07 Å². The first-order chi connectivity index (χ1) is 15.6. The minimum atomic E-state index is -0.478. The number of esters is 1. The summed E-state index contributed by atoms with van der Waals surface area (Å²) in [6.45, 7) is 13.6. The van der Waals surface area contributed by atoms with Gasteiger partial charge in [-0.05, 0) is 59.2 Å². The van der Waals surface area contributed by atoms with Crippen LogP contribution in [0.15, 0.2) is 18.2 Å². The quantitative estimate of drug-likeness (QED) is 0.343. The summed E-state index contributed by atoms with van der Waals surface area (Å²) in [5.74, 6) is -0.444. The van der Waals surface area contributed by atoms with Crippen molar-refractivity contribution < 1.29 is 23.8 Å². The van der Waals surface area contributed by atoms with Crippen molar-refractivity contribution in [2.75, 3.05) is 43.6 Å². The zero-order chi connectivity index (χ0) is 24.4. The van der Waals surface area contributed by atoms with Gasteiger partial charge in [-0.1, -0.05) is 6.07 Å². The second kappa shape index (κ2) is 12.7. The number of carbonyl (C=O) groups excluding carboxylic acids is 2. The monoisotopic (exact) mass is 477 g/mol. The molecule has 0 saturated carbocycles. The average Bonchev–Trinajstić information content (AvgIpc) is 3.03. The van der Waals surface area contributed by atoms with Crippen molar-refractivity contribution in [2.45, 2.75) is 53.6 Å². The molecule has 0 aliphatic heterocycles. The Morgan fingerprint density at radius 1 is 1.03 bits per heavy atom. The predicted molar refractivity (Wildman–Crippen MR) is 131 cm³/mol. The number of thiazole rings is 1.